The molecule has 2 heterocycles. The zero-order valence-corrected chi connectivity index (χ0v) is 16.6. The largest absolute Gasteiger partial charge is 0.493 e. The van der Waals surface area contributed by atoms with Gasteiger partial charge >= 0.3 is 0 Å². The van der Waals surface area contributed by atoms with E-state index in [2.05, 4.69) is 25.9 Å². The molecule has 0 saturated carbocycles. The van der Waals surface area contributed by atoms with Gasteiger partial charge in [-0.25, -0.2) is 9.50 Å². The number of aromatic nitrogens is 4. The van der Waals surface area contributed by atoms with Crippen LogP contribution in [-0.4, -0.2) is 45.6 Å². The van der Waals surface area contributed by atoms with Crippen molar-refractivity contribution in [2.75, 3.05) is 14.2 Å². The van der Waals surface area contributed by atoms with Crippen molar-refractivity contribution >= 4 is 17.6 Å². The Bertz CT molecular complexity index is 1060. The molecule has 0 aliphatic carbocycles. The Morgan fingerprint density at radius 1 is 1.10 bits per heavy atom. The Kier molecular flexibility index (Phi) is 5.91. The maximum absolute atomic E-state index is 12.3. The van der Waals surface area contributed by atoms with Crippen molar-refractivity contribution in [3.8, 4) is 11.5 Å². The minimum atomic E-state index is -0.461. The smallest absolute Gasteiger partial charge is 0.269 e. The molecule has 2 N–H and O–H groups in total. The predicted octanol–water partition coefficient (Wildman–Crippen LogP) is 1.15. The lowest BCUT2D eigenvalue weighted by Gasteiger charge is -2.12. The molecule has 2 aromatic heterocycles. The molecule has 0 bridgehead atoms. The average molecular weight is 398 g/mol. The van der Waals surface area contributed by atoms with Crippen molar-refractivity contribution < 1.29 is 19.1 Å². The number of nitrogens with one attached hydrogen (secondary N) is 2. The Labute approximate surface area is 167 Å². The molecule has 3 rings (SSSR count). The maximum atomic E-state index is 12.3. The number of ether oxygens (including phenoxy) is 2. The summed E-state index contributed by atoms with van der Waals surface area (Å²) in [6.07, 6.45) is 2.07. The molecule has 0 spiro atoms. The minimum Gasteiger partial charge on any atom is -0.493 e. The first-order chi connectivity index (χ1) is 13.9. The van der Waals surface area contributed by atoms with Gasteiger partial charge in [0.2, 0.25) is 5.91 Å². The van der Waals surface area contributed by atoms with Crippen molar-refractivity contribution in [1.29, 1.82) is 0 Å². The van der Waals surface area contributed by atoms with Crippen LogP contribution in [0.3, 0.4) is 0 Å². The highest BCUT2D eigenvalue weighted by molar-refractivity contribution is 5.96. The van der Waals surface area contributed by atoms with E-state index in [1.165, 1.54) is 26.6 Å². The van der Waals surface area contributed by atoms with Crippen LogP contribution in [-0.2, 0) is 11.2 Å². The number of nitrogens with zero attached hydrogens (tertiary/aromatic N) is 4. The van der Waals surface area contributed by atoms with E-state index in [0.717, 1.165) is 17.0 Å². The fraction of sp³-hybridized carbons (Fsp3) is 0.316. The molecule has 0 atom stereocenters. The van der Waals surface area contributed by atoms with Crippen LogP contribution < -0.4 is 20.3 Å². The first-order valence-corrected chi connectivity index (χ1v) is 8.91. The highest BCUT2D eigenvalue weighted by Crippen LogP contribution is 2.27. The molecule has 29 heavy (non-hydrogen) atoms. The number of methoxy groups -OCH3 is 2. The topological polar surface area (TPSA) is 120 Å². The lowest BCUT2D eigenvalue weighted by Crippen LogP contribution is -2.41. The Morgan fingerprint density at radius 3 is 2.59 bits per heavy atom. The van der Waals surface area contributed by atoms with Crippen molar-refractivity contribution in [2.45, 2.75) is 26.7 Å². The van der Waals surface area contributed by atoms with Gasteiger partial charge in [-0.1, -0.05) is 0 Å². The van der Waals surface area contributed by atoms with Crippen LogP contribution in [0, 0.1) is 13.8 Å². The molecule has 152 valence electrons. The summed E-state index contributed by atoms with van der Waals surface area (Å²) in [6, 6.07) is 4.73. The monoisotopic (exact) mass is 398 g/mol. The quantitative estimate of drug-likeness (QED) is 0.598. The number of carbonyl (C=O) groups excluding carboxylic acids is 2. The van der Waals surface area contributed by atoms with Gasteiger partial charge in [-0.15, -0.1) is 0 Å². The van der Waals surface area contributed by atoms with Gasteiger partial charge in [-0.2, -0.15) is 10.1 Å². The number of hydrogen-bond acceptors (Lipinski definition) is 7. The molecule has 10 nitrogen and oxygen atoms in total. The number of fused-ring (bicyclic) bond motifs is 1. The van der Waals surface area contributed by atoms with Crippen LogP contribution in [0.25, 0.3) is 5.78 Å². The zero-order valence-electron chi connectivity index (χ0n) is 16.6. The van der Waals surface area contributed by atoms with E-state index < -0.39 is 5.91 Å². The van der Waals surface area contributed by atoms with E-state index in [1.54, 1.807) is 16.6 Å². The second-order valence-corrected chi connectivity index (χ2v) is 6.31. The lowest BCUT2D eigenvalue weighted by molar-refractivity contribution is -0.121. The molecule has 0 unspecified atom stereocenters. The summed E-state index contributed by atoms with van der Waals surface area (Å²) >= 11 is 0. The van der Waals surface area contributed by atoms with Crippen LogP contribution >= 0.6 is 0 Å². The van der Waals surface area contributed by atoms with Crippen LogP contribution in [0.2, 0.25) is 0 Å². The molecule has 0 aliphatic rings. The highest BCUT2D eigenvalue weighted by atomic mass is 16.5. The van der Waals surface area contributed by atoms with Crippen LogP contribution in [0.5, 0.6) is 11.5 Å². The molecule has 1 aromatic carbocycles. The van der Waals surface area contributed by atoms with Crippen LogP contribution in [0.1, 0.15) is 33.7 Å². The van der Waals surface area contributed by atoms with E-state index in [0.29, 0.717) is 29.3 Å². The summed E-state index contributed by atoms with van der Waals surface area (Å²) in [7, 11) is 2.99. The van der Waals surface area contributed by atoms with Crippen molar-refractivity contribution in [1.82, 2.24) is 30.4 Å². The second-order valence-electron chi connectivity index (χ2n) is 6.31. The summed E-state index contributed by atoms with van der Waals surface area (Å²) in [5.74, 6) is 0.675. The number of hydrogen-bond donors (Lipinski definition) is 2. The summed E-state index contributed by atoms with van der Waals surface area (Å²) in [4.78, 5) is 32.9. The van der Waals surface area contributed by atoms with Gasteiger partial charge in [0.15, 0.2) is 11.5 Å². The third-order valence-corrected chi connectivity index (χ3v) is 4.55. The normalized spacial score (nSPS) is 10.6. The fourth-order valence-electron chi connectivity index (χ4n) is 2.99. The molecule has 3 aromatic rings. The van der Waals surface area contributed by atoms with Gasteiger partial charge in [-0.3, -0.25) is 20.4 Å². The minimum absolute atomic E-state index is 0.176. The number of rotatable bonds is 6. The number of hydrazine groups is 1. The molecular formula is C19H22N6O4. The van der Waals surface area contributed by atoms with Crippen LogP contribution in [0.15, 0.2) is 24.5 Å². The second kappa shape index (κ2) is 8.55. The van der Waals surface area contributed by atoms with Crippen molar-refractivity contribution in [2.24, 2.45) is 0 Å². The van der Waals surface area contributed by atoms with Gasteiger partial charge in [0.25, 0.3) is 11.7 Å². The van der Waals surface area contributed by atoms with Gasteiger partial charge in [0.05, 0.1) is 14.2 Å². The zero-order chi connectivity index (χ0) is 21.0. The van der Waals surface area contributed by atoms with Gasteiger partial charge < -0.3 is 9.47 Å². The molecular weight excluding hydrogens is 376 g/mol. The van der Waals surface area contributed by atoms with Gasteiger partial charge in [0, 0.05) is 23.4 Å². The molecule has 0 radical (unpaired) electrons. The average Bonchev–Trinajstić information content (AvgIpc) is 3.19. The van der Waals surface area contributed by atoms with Crippen molar-refractivity contribution in [3.05, 3.63) is 47.0 Å². The van der Waals surface area contributed by atoms with E-state index >= 15 is 0 Å². The number of benzene rings is 1. The molecule has 0 saturated heterocycles. The SMILES string of the molecule is COc1ccc(C(=O)NNC(=O)CCc2c(C)nc3ncnn3c2C)cc1OC. The maximum Gasteiger partial charge on any atom is 0.269 e. The van der Waals surface area contributed by atoms with E-state index in [9.17, 15) is 9.59 Å². The summed E-state index contributed by atoms with van der Waals surface area (Å²) in [5, 5.41) is 4.13. The molecule has 10 heteroatoms. The lowest BCUT2D eigenvalue weighted by atomic mass is 10.1. The highest BCUT2D eigenvalue weighted by Gasteiger charge is 2.14. The number of amides is 2. The fourth-order valence-corrected chi connectivity index (χ4v) is 2.99. The molecule has 0 fully saturated rings. The Hall–Kier alpha value is -3.69. The number of carbonyl (C=O) groups is 2. The first-order valence-electron chi connectivity index (χ1n) is 8.91. The predicted molar refractivity (Wildman–Crippen MR) is 104 cm³/mol. The summed E-state index contributed by atoms with van der Waals surface area (Å²) in [6.45, 7) is 3.77. The standard InChI is InChI=1S/C19H22N6O4/c1-11-14(12(2)25-19(22-11)20-10-21-25)6-8-17(26)23-24-18(27)13-5-7-15(28-3)16(9-13)29-4/h5,7,9-10H,6,8H2,1-4H3,(H,23,26)(H,24,27). The van der Waals surface area contributed by atoms with Gasteiger partial charge in [0.1, 0.15) is 6.33 Å². The Morgan fingerprint density at radius 2 is 1.86 bits per heavy atom. The molecule has 0 aliphatic heterocycles. The summed E-state index contributed by atoms with van der Waals surface area (Å²) in [5.41, 5.74) is 7.75. The van der Waals surface area contributed by atoms with Crippen LogP contribution in [0.4, 0.5) is 0 Å². The third kappa shape index (κ3) is 4.26. The Balaban J connectivity index is 1.58. The molecule has 2 amide bonds. The first kappa shape index (κ1) is 20.1. The van der Waals surface area contributed by atoms with E-state index in [4.69, 9.17) is 9.47 Å². The number of aryl methyl sites for hydroxylation is 2. The summed E-state index contributed by atoms with van der Waals surface area (Å²) < 4.78 is 12.0. The van der Waals surface area contributed by atoms with E-state index in [1.807, 2.05) is 13.8 Å². The van der Waals surface area contributed by atoms with Gasteiger partial charge in [-0.05, 0) is 44.0 Å². The third-order valence-electron chi connectivity index (χ3n) is 4.55. The van der Waals surface area contributed by atoms with Crippen molar-refractivity contribution in [3.63, 3.8) is 0 Å². The van der Waals surface area contributed by atoms with E-state index in [-0.39, 0.29) is 12.3 Å².